The van der Waals surface area contributed by atoms with Crippen LogP contribution in [0.3, 0.4) is 0 Å². The molecular formula is C16H20N4O2. The van der Waals surface area contributed by atoms with Gasteiger partial charge in [0.05, 0.1) is 18.0 Å². The number of rotatable bonds is 2. The van der Waals surface area contributed by atoms with Crippen molar-refractivity contribution in [2.45, 2.75) is 38.8 Å². The summed E-state index contributed by atoms with van der Waals surface area (Å²) < 4.78 is 1.61. The Bertz CT molecular complexity index is 682. The van der Waals surface area contributed by atoms with Crippen LogP contribution >= 0.6 is 0 Å². The molecule has 22 heavy (non-hydrogen) atoms. The summed E-state index contributed by atoms with van der Waals surface area (Å²) in [6.45, 7) is 4.51. The Balaban J connectivity index is 1.80. The number of aryl methyl sites for hydroxylation is 1. The van der Waals surface area contributed by atoms with Crippen LogP contribution in [0.25, 0.3) is 5.69 Å². The van der Waals surface area contributed by atoms with E-state index in [1.54, 1.807) is 15.8 Å². The number of aromatic nitrogens is 3. The molecule has 1 aliphatic heterocycles. The molecule has 116 valence electrons. The van der Waals surface area contributed by atoms with Gasteiger partial charge in [-0.25, -0.2) is 4.68 Å². The molecule has 6 heteroatoms. The minimum Gasteiger partial charge on any atom is -0.393 e. The van der Waals surface area contributed by atoms with E-state index < -0.39 is 0 Å². The Hall–Kier alpha value is -2.21. The lowest BCUT2D eigenvalue weighted by Gasteiger charge is -2.35. The van der Waals surface area contributed by atoms with Gasteiger partial charge < -0.3 is 10.0 Å². The number of aliphatic hydroxyl groups is 1. The highest BCUT2D eigenvalue weighted by atomic mass is 16.3. The number of nitrogens with zero attached hydrogens (tertiary/aromatic N) is 4. The summed E-state index contributed by atoms with van der Waals surface area (Å²) >= 11 is 0. The zero-order chi connectivity index (χ0) is 15.7. The summed E-state index contributed by atoms with van der Waals surface area (Å²) in [5.74, 6) is -0.127. The summed E-state index contributed by atoms with van der Waals surface area (Å²) in [5, 5.41) is 17.7. The number of piperidine rings is 1. The van der Waals surface area contributed by atoms with Crippen LogP contribution in [0.15, 0.2) is 30.5 Å². The van der Waals surface area contributed by atoms with Gasteiger partial charge in [0.15, 0.2) is 5.69 Å². The topological polar surface area (TPSA) is 71.2 Å². The Morgan fingerprint density at radius 1 is 1.41 bits per heavy atom. The van der Waals surface area contributed by atoms with Crippen molar-refractivity contribution in [1.29, 1.82) is 0 Å². The highest BCUT2D eigenvalue weighted by Crippen LogP contribution is 2.19. The van der Waals surface area contributed by atoms with Gasteiger partial charge in [-0.1, -0.05) is 17.3 Å². The van der Waals surface area contributed by atoms with E-state index >= 15 is 0 Å². The van der Waals surface area contributed by atoms with Crippen LogP contribution in [0.1, 0.15) is 35.8 Å². The number of aliphatic hydroxyl groups excluding tert-OH is 1. The van der Waals surface area contributed by atoms with E-state index in [0.717, 1.165) is 11.3 Å². The number of carbonyl (C=O) groups excluding carboxylic acids is 1. The third-order valence-electron chi connectivity index (χ3n) is 4.09. The molecule has 0 unspecified atom stereocenters. The van der Waals surface area contributed by atoms with Crippen molar-refractivity contribution in [3.8, 4) is 5.69 Å². The van der Waals surface area contributed by atoms with Crippen LogP contribution in [0.5, 0.6) is 0 Å². The maximum absolute atomic E-state index is 12.6. The smallest absolute Gasteiger partial charge is 0.276 e. The molecule has 1 aromatic carbocycles. The first kappa shape index (κ1) is 14.7. The highest BCUT2D eigenvalue weighted by Gasteiger charge is 2.29. The lowest BCUT2D eigenvalue weighted by molar-refractivity contribution is 0.0360. The van der Waals surface area contributed by atoms with Gasteiger partial charge >= 0.3 is 0 Å². The molecule has 1 fully saturated rings. The monoisotopic (exact) mass is 300 g/mol. The molecule has 1 amide bonds. The average Bonchev–Trinajstić information content (AvgIpc) is 2.96. The van der Waals surface area contributed by atoms with Crippen LogP contribution in [0.2, 0.25) is 0 Å². The zero-order valence-electron chi connectivity index (χ0n) is 12.8. The molecule has 2 aromatic rings. The van der Waals surface area contributed by atoms with Crippen LogP contribution in [-0.4, -0.2) is 49.6 Å². The second-order valence-corrected chi connectivity index (χ2v) is 5.91. The molecule has 0 saturated carbocycles. The number of benzene rings is 1. The SMILES string of the molecule is Cc1cccc(-n2cc(C(=O)N3CC[C@@H](O)C[C@@H]3C)nn2)c1. The molecule has 1 saturated heterocycles. The first-order valence-electron chi connectivity index (χ1n) is 7.53. The van der Waals surface area contributed by atoms with Crippen LogP contribution < -0.4 is 0 Å². The molecule has 0 radical (unpaired) electrons. The van der Waals surface area contributed by atoms with Crippen LogP contribution in [-0.2, 0) is 0 Å². The molecule has 3 rings (SSSR count). The predicted octanol–water partition coefficient (Wildman–Crippen LogP) is 1.56. The lowest BCUT2D eigenvalue weighted by Crippen LogP contribution is -2.46. The predicted molar refractivity (Wildman–Crippen MR) is 81.8 cm³/mol. The quantitative estimate of drug-likeness (QED) is 0.913. The number of amides is 1. The van der Waals surface area contributed by atoms with Crippen molar-refractivity contribution in [3.63, 3.8) is 0 Å². The van der Waals surface area contributed by atoms with Gasteiger partial charge in [-0.15, -0.1) is 5.10 Å². The van der Waals surface area contributed by atoms with Crippen LogP contribution in [0, 0.1) is 6.92 Å². The molecule has 2 heterocycles. The maximum Gasteiger partial charge on any atom is 0.276 e. The largest absolute Gasteiger partial charge is 0.393 e. The fourth-order valence-corrected chi connectivity index (χ4v) is 2.85. The molecule has 0 aliphatic carbocycles. The minimum absolute atomic E-state index is 0.0142. The van der Waals surface area contributed by atoms with Crippen molar-refractivity contribution < 1.29 is 9.90 Å². The number of likely N-dealkylation sites (tertiary alicyclic amines) is 1. The molecular weight excluding hydrogens is 280 g/mol. The summed E-state index contributed by atoms with van der Waals surface area (Å²) in [6, 6.07) is 7.88. The van der Waals surface area contributed by atoms with Crippen molar-refractivity contribution >= 4 is 5.91 Å². The van der Waals surface area contributed by atoms with Crippen molar-refractivity contribution in [2.75, 3.05) is 6.54 Å². The van der Waals surface area contributed by atoms with Crippen molar-refractivity contribution in [3.05, 3.63) is 41.7 Å². The summed E-state index contributed by atoms with van der Waals surface area (Å²) in [6.07, 6.45) is 2.57. The van der Waals surface area contributed by atoms with Gasteiger partial charge in [-0.05, 0) is 44.4 Å². The van der Waals surface area contributed by atoms with Gasteiger partial charge in [0.2, 0.25) is 0 Å². The Morgan fingerprint density at radius 3 is 2.95 bits per heavy atom. The van der Waals surface area contributed by atoms with E-state index in [1.165, 1.54) is 0 Å². The maximum atomic E-state index is 12.6. The van der Waals surface area contributed by atoms with E-state index in [4.69, 9.17) is 0 Å². The summed E-state index contributed by atoms with van der Waals surface area (Å²) in [5.41, 5.74) is 2.35. The molecule has 1 N–H and O–H groups in total. The van der Waals surface area contributed by atoms with Gasteiger partial charge in [-0.2, -0.15) is 0 Å². The summed E-state index contributed by atoms with van der Waals surface area (Å²) in [7, 11) is 0. The number of hydrogen-bond acceptors (Lipinski definition) is 4. The van der Waals surface area contributed by atoms with E-state index in [0.29, 0.717) is 25.1 Å². The van der Waals surface area contributed by atoms with E-state index in [-0.39, 0.29) is 18.1 Å². The molecule has 0 bridgehead atoms. The third-order valence-corrected chi connectivity index (χ3v) is 4.09. The van der Waals surface area contributed by atoms with Gasteiger partial charge in [0.1, 0.15) is 0 Å². The van der Waals surface area contributed by atoms with E-state index in [1.807, 2.05) is 38.1 Å². The van der Waals surface area contributed by atoms with Gasteiger partial charge in [-0.3, -0.25) is 4.79 Å². The molecule has 0 spiro atoms. The fourth-order valence-electron chi connectivity index (χ4n) is 2.85. The van der Waals surface area contributed by atoms with Crippen LogP contribution in [0.4, 0.5) is 0 Å². The molecule has 1 aromatic heterocycles. The van der Waals surface area contributed by atoms with E-state index in [9.17, 15) is 9.90 Å². The standard InChI is InChI=1S/C16H20N4O2/c1-11-4-3-5-13(8-11)20-10-15(17-18-20)16(22)19-7-6-14(21)9-12(19)2/h3-5,8,10,12,14,21H,6-7,9H2,1-2H3/t12-,14+/m0/s1. The molecule has 2 atom stereocenters. The van der Waals surface area contributed by atoms with Gasteiger partial charge in [0.25, 0.3) is 5.91 Å². The second kappa shape index (κ2) is 5.88. The van der Waals surface area contributed by atoms with Crippen molar-refractivity contribution in [1.82, 2.24) is 19.9 Å². The third kappa shape index (κ3) is 2.87. The van der Waals surface area contributed by atoms with E-state index in [2.05, 4.69) is 10.3 Å². The zero-order valence-corrected chi connectivity index (χ0v) is 12.8. The highest BCUT2D eigenvalue weighted by molar-refractivity contribution is 5.92. The minimum atomic E-state index is -0.318. The Labute approximate surface area is 129 Å². The summed E-state index contributed by atoms with van der Waals surface area (Å²) in [4.78, 5) is 14.3. The Morgan fingerprint density at radius 2 is 2.23 bits per heavy atom. The first-order chi connectivity index (χ1) is 10.5. The number of carbonyl (C=O) groups is 1. The second-order valence-electron chi connectivity index (χ2n) is 5.91. The average molecular weight is 300 g/mol. The van der Waals surface area contributed by atoms with Crippen molar-refractivity contribution in [2.24, 2.45) is 0 Å². The molecule has 1 aliphatic rings. The fraction of sp³-hybridized carbons (Fsp3) is 0.438. The Kier molecular flexibility index (Phi) is 3.94. The normalized spacial score (nSPS) is 21.9. The van der Waals surface area contributed by atoms with Gasteiger partial charge in [0, 0.05) is 12.6 Å². The number of hydrogen-bond donors (Lipinski definition) is 1. The first-order valence-corrected chi connectivity index (χ1v) is 7.53. The molecule has 6 nitrogen and oxygen atoms in total. The lowest BCUT2D eigenvalue weighted by atomic mass is 10.0.